The van der Waals surface area contributed by atoms with Crippen molar-refractivity contribution in [3.05, 3.63) is 23.7 Å². The van der Waals surface area contributed by atoms with E-state index in [9.17, 15) is 0 Å². The van der Waals surface area contributed by atoms with Gasteiger partial charge in [0.1, 0.15) is 11.6 Å². The highest BCUT2D eigenvalue weighted by Crippen LogP contribution is 2.20. The molecule has 1 aliphatic heterocycles. The summed E-state index contributed by atoms with van der Waals surface area (Å²) in [6, 6.07) is 2.06. The van der Waals surface area contributed by atoms with E-state index in [2.05, 4.69) is 31.8 Å². The predicted molar refractivity (Wildman–Crippen MR) is 69.2 cm³/mol. The third-order valence-electron chi connectivity index (χ3n) is 3.11. The topological polar surface area (TPSA) is 67.7 Å². The van der Waals surface area contributed by atoms with Gasteiger partial charge < -0.3 is 10.6 Å². The second kappa shape index (κ2) is 4.38. The minimum Gasteiger partial charge on any atom is -0.373 e. The van der Waals surface area contributed by atoms with Gasteiger partial charge in [0, 0.05) is 25.4 Å². The molecule has 6 nitrogen and oxygen atoms in total. The number of nitrogens with zero attached hydrogens (tertiary/aromatic N) is 4. The van der Waals surface area contributed by atoms with Crippen LogP contribution in [0.3, 0.4) is 0 Å². The molecule has 2 aromatic rings. The number of fused-ring (bicyclic) bond motifs is 1. The van der Waals surface area contributed by atoms with Crippen LogP contribution in [-0.4, -0.2) is 33.3 Å². The van der Waals surface area contributed by atoms with Crippen molar-refractivity contribution in [3.8, 4) is 11.4 Å². The van der Waals surface area contributed by atoms with E-state index in [0.717, 1.165) is 48.2 Å². The van der Waals surface area contributed by atoms with Gasteiger partial charge in [0.2, 0.25) is 0 Å². The molecule has 0 aliphatic carbocycles. The Labute approximate surface area is 105 Å². The molecule has 0 saturated carbocycles. The number of rotatable bonds is 2. The molecule has 2 aromatic heterocycles. The number of aromatic nitrogens is 4. The van der Waals surface area contributed by atoms with Crippen molar-refractivity contribution >= 4 is 5.82 Å². The van der Waals surface area contributed by atoms with E-state index in [1.165, 1.54) is 0 Å². The highest BCUT2D eigenvalue weighted by Gasteiger charge is 2.15. The number of anilines is 1. The van der Waals surface area contributed by atoms with Crippen molar-refractivity contribution in [1.29, 1.82) is 0 Å². The summed E-state index contributed by atoms with van der Waals surface area (Å²) >= 11 is 0. The Bertz CT molecular complexity index is 550. The average Bonchev–Trinajstić information content (AvgIpc) is 2.82. The maximum atomic E-state index is 4.55. The lowest BCUT2D eigenvalue weighted by Crippen LogP contribution is -2.28. The normalized spacial score (nSPS) is 14.3. The van der Waals surface area contributed by atoms with Gasteiger partial charge in [0.15, 0.2) is 5.82 Å². The molecule has 0 unspecified atom stereocenters. The number of pyridine rings is 1. The lowest BCUT2D eigenvalue weighted by Gasteiger charge is -2.11. The molecular formula is C12H16N6. The molecule has 0 aromatic carbocycles. The van der Waals surface area contributed by atoms with Crippen LogP contribution in [0, 0.1) is 6.92 Å². The van der Waals surface area contributed by atoms with Crippen LogP contribution >= 0.6 is 0 Å². The van der Waals surface area contributed by atoms with Gasteiger partial charge >= 0.3 is 0 Å². The predicted octanol–water partition coefficient (Wildman–Crippen LogP) is 0.793. The zero-order valence-electron chi connectivity index (χ0n) is 10.6. The van der Waals surface area contributed by atoms with Crippen LogP contribution in [0.2, 0.25) is 0 Å². The smallest absolute Gasteiger partial charge is 0.183 e. The van der Waals surface area contributed by atoms with Crippen LogP contribution in [-0.2, 0) is 13.1 Å². The molecule has 3 rings (SSSR count). The van der Waals surface area contributed by atoms with E-state index in [-0.39, 0.29) is 0 Å². The standard InChI is InChI=1S/C12H16N6/c1-8-5-9(6-15-11(8)13-2)12-16-10-7-14-3-4-18(10)17-12/h5-6,14H,3-4,7H2,1-2H3,(H,13,15). The number of hydrogen-bond donors (Lipinski definition) is 2. The second-order valence-electron chi connectivity index (χ2n) is 4.39. The van der Waals surface area contributed by atoms with Crippen LogP contribution < -0.4 is 10.6 Å². The van der Waals surface area contributed by atoms with Crippen molar-refractivity contribution < 1.29 is 0 Å². The van der Waals surface area contributed by atoms with Crippen LogP contribution in [0.1, 0.15) is 11.4 Å². The minimum absolute atomic E-state index is 0.756. The maximum Gasteiger partial charge on any atom is 0.183 e. The first kappa shape index (κ1) is 11.2. The van der Waals surface area contributed by atoms with Crippen LogP contribution in [0.4, 0.5) is 5.82 Å². The van der Waals surface area contributed by atoms with Gasteiger partial charge in [-0.15, -0.1) is 0 Å². The third kappa shape index (κ3) is 1.84. The Morgan fingerprint density at radius 3 is 3.06 bits per heavy atom. The fraction of sp³-hybridized carbons (Fsp3) is 0.417. The molecule has 0 fully saturated rings. The zero-order valence-corrected chi connectivity index (χ0v) is 10.6. The molecule has 0 radical (unpaired) electrons. The van der Waals surface area contributed by atoms with Gasteiger partial charge in [-0.05, 0) is 18.6 Å². The van der Waals surface area contributed by atoms with Crippen LogP contribution in [0.15, 0.2) is 12.3 Å². The summed E-state index contributed by atoms with van der Waals surface area (Å²) in [5.74, 6) is 2.64. The lowest BCUT2D eigenvalue weighted by molar-refractivity contribution is 0.469. The van der Waals surface area contributed by atoms with E-state index >= 15 is 0 Å². The van der Waals surface area contributed by atoms with Crippen molar-refractivity contribution in [2.75, 3.05) is 18.9 Å². The summed E-state index contributed by atoms with van der Waals surface area (Å²) in [6.07, 6.45) is 1.81. The molecule has 1 aliphatic rings. The largest absolute Gasteiger partial charge is 0.373 e. The van der Waals surface area contributed by atoms with Crippen molar-refractivity contribution in [2.24, 2.45) is 0 Å². The Balaban J connectivity index is 1.99. The summed E-state index contributed by atoms with van der Waals surface area (Å²) in [5.41, 5.74) is 2.06. The summed E-state index contributed by atoms with van der Waals surface area (Å²) in [5, 5.41) is 10.9. The molecule has 94 valence electrons. The van der Waals surface area contributed by atoms with Gasteiger partial charge in [0.05, 0.1) is 13.1 Å². The Kier molecular flexibility index (Phi) is 2.71. The highest BCUT2D eigenvalue weighted by molar-refractivity contribution is 5.58. The number of hydrogen-bond acceptors (Lipinski definition) is 5. The van der Waals surface area contributed by atoms with Crippen molar-refractivity contribution in [3.63, 3.8) is 0 Å². The third-order valence-corrected chi connectivity index (χ3v) is 3.11. The Morgan fingerprint density at radius 2 is 2.33 bits per heavy atom. The van der Waals surface area contributed by atoms with Crippen molar-refractivity contribution in [1.82, 2.24) is 25.1 Å². The summed E-state index contributed by atoms with van der Waals surface area (Å²) in [7, 11) is 1.87. The first-order valence-corrected chi connectivity index (χ1v) is 6.07. The molecular weight excluding hydrogens is 228 g/mol. The van der Waals surface area contributed by atoms with E-state index in [0.29, 0.717) is 0 Å². The lowest BCUT2D eigenvalue weighted by atomic mass is 10.2. The molecule has 2 N–H and O–H groups in total. The summed E-state index contributed by atoms with van der Waals surface area (Å²) in [6.45, 7) is 4.64. The van der Waals surface area contributed by atoms with E-state index in [4.69, 9.17) is 0 Å². The molecule has 18 heavy (non-hydrogen) atoms. The summed E-state index contributed by atoms with van der Waals surface area (Å²) in [4.78, 5) is 8.91. The van der Waals surface area contributed by atoms with Crippen LogP contribution in [0.25, 0.3) is 11.4 Å². The molecule has 0 spiro atoms. The maximum absolute atomic E-state index is 4.55. The van der Waals surface area contributed by atoms with E-state index in [1.54, 1.807) is 0 Å². The number of nitrogens with one attached hydrogen (secondary N) is 2. The van der Waals surface area contributed by atoms with Crippen molar-refractivity contribution in [2.45, 2.75) is 20.0 Å². The summed E-state index contributed by atoms with van der Waals surface area (Å²) < 4.78 is 1.97. The fourth-order valence-corrected chi connectivity index (χ4v) is 2.15. The molecule has 0 amide bonds. The molecule has 3 heterocycles. The van der Waals surface area contributed by atoms with Crippen LogP contribution in [0.5, 0.6) is 0 Å². The Hall–Kier alpha value is -1.95. The number of aryl methyl sites for hydroxylation is 1. The molecule has 0 bridgehead atoms. The molecule has 0 atom stereocenters. The quantitative estimate of drug-likeness (QED) is 0.817. The van der Waals surface area contributed by atoms with Gasteiger partial charge in [-0.3, -0.25) is 0 Å². The van der Waals surface area contributed by atoms with Gasteiger partial charge in [-0.25, -0.2) is 14.6 Å². The zero-order chi connectivity index (χ0) is 12.5. The first-order chi connectivity index (χ1) is 8.78. The minimum atomic E-state index is 0.756. The highest BCUT2D eigenvalue weighted by atomic mass is 15.4. The molecule has 0 saturated heterocycles. The van der Waals surface area contributed by atoms with Gasteiger partial charge in [-0.1, -0.05) is 0 Å². The average molecular weight is 244 g/mol. The van der Waals surface area contributed by atoms with E-state index in [1.807, 2.05) is 24.9 Å². The van der Waals surface area contributed by atoms with Gasteiger partial charge in [-0.2, -0.15) is 5.10 Å². The second-order valence-corrected chi connectivity index (χ2v) is 4.39. The first-order valence-electron chi connectivity index (χ1n) is 6.07. The molecule has 6 heteroatoms. The Morgan fingerprint density at radius 1 is 1.44 bits per heavy atom. The fourth-order valence-electron chi connectivity index (χ4n) is 2.15. The monoisotopic (exact) mass is 244 g/mol. The SMILES string of the molecule is CNc1ncc(-c2nc3n(n2)CCNC3)cc1C. The van der Waals surface area contributed by atoms with E-state index < -0.39 is 0 Å². The van der Waals surface area contributed by atoms with Gasteiger partial charge in [0.25, 0.3) is 0 Å².